The van der Waals surface area contributed by atoms with Crippen molar-refractivity contribution in [3.63, 3.8) is 0 Å². The lowest BCUT2D eigenvalue weighted by Crippen LogP contribution is -2.27. The number of allylic oxidation sites excluding steroid dienone is 1. The minimum Gasteiger partial charge on any atom is -0.495 e. The highest BCUT2D eigenvalue weighted by Crippen LogP contribution is 2.36. The first-order valence-corrected chi connectivity index (χ1v) is 6.95. The summed E-state index contributed by atoms with van der Waals surface area (Å²) in [4.78, 5) is 0. The molecule has 1 heterocycles. The van der Waals surface area contributed by atoms with E-state index in [9.17, 15) is 5.11 Å². The third-order valence-electron chi connectivity index (χ3n) is 4.05. The van der Waals surface area contributed by atoms with Gasteiger partial charge in [0.15, 0.2) is 0 Å². The molecule has 0 spiro atoms. The van der Waals surface area contributed by atoms with Gasteiger partial charge in [0.05, 0.1) is 6.61 Å². The standard InChI is InChI=1S/C16H20O2/c17-16(15-10-3-4-11-18-15)14-9-5-7-12-6-1-2-8-13(12)14/h1-2,6,8,10,14,16-17H,3-5,7,9,11H2. The summed E-state index contributed by atoms with van der Waals surface area (Å²) in [6.07, 6.45) is 7.04. The fraction of sp³-hybridized carbons (Fsp3) is 0.500. The van der Waals surface area contributed by atoms with Crippen LogP contribution >= 0.6 is 0 Å². The number of aliphatic hydroxyl groups excluding tert-OH is 1. The van der Waals surface area contributed by atoms with E-state index in [2.05, 4.69) is 30.3 Å². The molecule has 0 aromatic heterocycles. The number of benzene rings is 1. The second kappa shape index (κ2) is 5.15. The Hall–Kier alpha value is -1.28. The van der Waals surface area contributed by atoms with Gasteiger partial charge in [-0.1, -0.05) is 24.3 Å². The Morgan fingerprint density at radius 1 is 1.22 bits per heavy atom. The van der Waals surface area contributed by atoms with Gasteiger partial charge in [0.25, 0.3) is 0 Å². The van der Waals surface area contributed by atoms with Crippen molar-refractivity contribution < 1.29 is 9.84 Å². The molecule has 1 N–H and O–H groups in total. The Kier molecular flexibility index (Phi) is 3.37. The molecule has 3 rings (SSSR count). The van der Waals surface area contributed by atoms with Gasteiger partial charge >= 0.3 is 0 Å². The van der Waals surface area contributed by atoms with Gasteiger partial charge in [-0.25, -0.2) is 0 Å². The van der Waals surface area contributed by atoms with Crippen molar-refractivity contribution in [2.24, 2.45) is 0 Å². The molecule has 1 aromatic rings. The van der Waals surface area contributed by atoms with E-state index in [4.69, 9.17) is 4.74 Å². The number of rotatable bonds is 2. The number of aliphatic hydroxyl groups is 1. The SMILES string of the molecule is OC(C1=CCCCO1)C1CCCc2ccccc21. The topological polar surface area (TPSA) is 29.5 Å². The van der Waals surface area contributed by atoms with Crippen LogP contribution in [0.2, 0.25) is 0 Å². The summed E-state index contributed by atoms with van der Waals surface area (Å²) < 4.78 is 5.62. The first kappa shape index (κ1) is 11.8. The molecule has 2 nitrogen and oxygen atoms in total. The van der Waals surface area contributed by atoms with Crippen molar-refractivity contribution in [1.29, 1.82) is 0 Å². The molecule has 2 unspecified atom stereocenters. The highest BCUT2D eigenvalue weighted by Gasteiger charge is 2.30. The predicted molar refractivity (Wildman–Crippen MR) is 71.4 cm³/mol. The zero-order valence-electron chi connectivity index (χ0n) is 10.6. The zero-order chi connectivity index (χ0) is 12.4. The Balaban J connectivity index is 1.86. The van der Waals surface area contributed by atoms with E-state index in [0.29, 0.717) is 0 Å². The molecule has 0 bridgehead atoms. The van der Waals surface area contributed by atoms with E-state index >= 15 is 0 Å². The van der Waals surface area contributed by atoms with Crippen molar-refractivity contribution in [2.45, 2.75) is 44.1 Å². The molecule has 0 amide bonds. The summed E-state index contributed by atoms with van der Waals surface area (Å²) in [5.41, 5.74) is 2.70. The van der Waals surface area contributed by atoms with Crippen molar-refractivity contribution >= 4 is 0 Å². The van der Waals surface area contributed by atoms with Crippen LogP contribution in [0.3, 0.4) is 0 Å². The molecular weight excluding hydrogens is 224 g/mol. The fourth-order valence-corrected chi connectivity index (χ4v) is 3.10. The van der Waals surface area contributed by atoms with E-state index in [0.717, 1.165) is 44.5 Å². The summed E-state index contributed by atoms with van der Waals surface area (Å²) in [6.45, 7) is 0.747. The summed E-state index contributed by atoms with van der Waals surface area (Å²) in [5.74, 6) is 1.00. The van der Waals surface area contributed by atoms with Gasteiger partial charge < -0.3 is 9.84 Å². The van der Waals surface area contributed by atoms with Crippen LogP contribution in [0.4, 0.5) is 0 Å². The van der Waals surface area contributed by atoms with Crippen LogP contribution < -0.4 is 0 Å². The Labute approximate surface area is 108 Å². The predicted octanol–water partition coefficient (Wildman–Crippen LogP) is 3.16. The number of fused-ring (bicyclic) bond motifs is 1. The first-order chi connectivity index (χ1) is 8.86. The van der Waals surface area contributed by atoms with Gasteiger partial charge in [-0.15, -0.1) is 0 Å². The molecule has 0 radical (unpaired) electrons. The minimum absolute atomic E-state index is 0.208. The molecule has 2 heteroatoms. The van der Waals surface area contributed by atoms with E-state index in [-0.39, 0.29) is 5.92 Å². The monoisotopic (exact) mass is 244 g/mol. The summed E-state index contributed by atoms with van der Waals surface area (Å²) in [6, 6.07) is 8.50. The van der Waals surface area contributed by atoms with Crippen LogP contribution in [0.5, 0.6) is 0 Å². The molecule has 0 saturated heterocycles. The number of hydrogen-bond acceptors (Lipinski definition) is 2. The molecule has 2 aliphatic rings. The van der Waals surface area contributed by atoms with E-state index in [1.165, 1.54) is 11.1 Å². The Morgan fingerprint density at radius 2 is 2.11 bits per heavy atom. The van der Waals surface area contributed by atoms with Crippen molar-refractivity contribution in [3.8, 4) is 0 Å². The van der Waals surface area contributed by atoms with Crippen LogP contribution in [0.25, 0.3) is 0 Å². The van der Waals surface area contributed by atoms with Crippen LogP contribution in [0.15, 0.2) is 36.1 Å². The lowest BCUT2D eigenvalue weighted by atomic mass is 9.79. The summed E-state index contributed by atoms with van der Waals surface area (Å²) in [7, 11) is 0. The van der Waals surface area contributed by atoms with Crippen LogP contribution in [-0.4, -0.2) is 17.8 Å². The van der Waals surface area contributed by atoms with Gasteiger partial charge in [-0.2, -0.15) is 0 Å². The average Bonchev–Trinajstić information content (AvgIpc) is 2.47. The van der Waals surface area contributed by atoms with E-state index in [1.54, 1.807) is 0 Å². The average molecular weight is 244 g/mol. The summed E-state index contributed by atoms with van der Waals surface area (Å²) in [5, 5.41) is 10.6. The van der Waals surface area contributed by atoms with Gasteiger partial charge in [0.1, 0.15) is 11.9 Å². The zero-order valence-corrected chi connectivity index (χ0v) is 10.6. The molecule has 1 aliphatic carbocycles. The van der Waals surface area contributed by atoms with Gasteiger partial charge in [0.2, 0.25) is 0 Å². The molecular formula is C16H20O2. The number of aryl methyl sites for hydroxylation is 1. The maximum atomic E-state index is 10.6. The van der Waals surface area contributed by atoms with Crippen LogP contribution in [0, 0.1) is 0 Å². The second-order valence-corrected chi connectivity index (χ2v) is 5.24. The van der Waals surface area contributed by atoms with Crippen molar-refractivity contribution in [1.82, 2.24) is 0 Å². The Morgan fingerprint density at radius 3 is 2.94 bits per heavy atom. The van der Waals surface area contributed by atoms with Crippen LogP contribution in [0.1, 0.15) is 42.7 Å². The van der Waals surface area contributed by atoms with Gasteiger partial charge in [0, 0.05) is 5.92 Å². The van der Waals surface area contributed by atoms with Gasteiger partial charge in [-0.3, -0.25) is 0 Å². The molecule has 0 saturated carbocycles. The van der Waals surface area contributed by atoms with Crippen molar-refractivity contribution in [3.05, 3.63) is 47.2 Å². The maximum absolute atomic E-state index is 10.6. The quantitative estimate of drug-likeness (QED) is 0.866. The smallest absolute Gasteiger partial charge is 0.121 e. The highest BCUT2D eigenvalue weighted by molar-refractivity contribution is 5.34. The molecule has 1 aromatic carbocycles. The third kappa shape index (κ3) is 2.17. The Bertz CT molecular complexity index is 450. The molecule has 2 atom stereocenters. The molecule has 0 fully saturated rings. The first-order valence-electron chi connectivity index (χ1n) is 6.95. The normalized spacial score (nSPS) is 24.7. The minimum atomic E-state index is -0.466. The largest absolute Gasteiger partial charge is 0.495 e. The van der Waals surface area contributed by atoms with Crippen molar-refractivity contribution in [2.75, 3.05) is 6.61 Å². The highest BCUT2D eigenvalue weighted by atomic mass is 16.5. The fourth-order valence-electron chi connectivity index (χ4n) is 3.10. The third-order valence-corrected chi connectivity index (χ3v) is 4.05. The maximum Gasteiger partial charge on any atom is 0.121 e. The van der Waals surface area contributed by atoms with E-state index in [1.807, 2.05) is 0 Å². The van der Waals surface area contributed by atoms with Crippen LogP contribution in [-0.2, 0) is 11.2 Å². The number of hydrogen-bond donors (Lipinski definition) is 1. The lowest BCUT2D eigenvalue weighted by molar-refractivity contribution is 0.0711. The lowest BCUT2D eigenvalue weighted by Gasteiger charge is -2.31. The van der Waals surface area contributed by atoms with Gasteiger partial charge in [-0.05, 0) is 49.3 Å². The number of ether oxygens (including phenoxy) is 1. The molecule has 1 aliphatic heterocycles. The van der Waals surface area contributed by atoms with E-state index < -0.39 is 6.10 Å². The molecule has 18 heavy (non-hydrogen) atoms. The second-order valence-electron chi connectivity index (χ2n) is 5.24. The summed E-state index contributed by atoms with van der Waals surface area (Å²) >= 11 is 0. The molecule has 96 valence electrons.